The van der Waals surface area contributed by atoms with Crippen molar-refractivity contribution in [3.05, 3.63) is 100 Å². The molecule has 1 atom stereocenters. The first-order chi connectivity index (χ1) is 15.4. The van der Waals surface area contributed by atoms with Gasteiger partial charge in [-0.15, -0.1) is 0 Å². The van der Waals surface area contributed by atoms with Gasteiger partial charge in [0.05, 0.1) is 18.7 Å². The van der Waals surface area contributed by atoms with Crippen LogP contribution in [0.2, 0.25) is 0 Å². The summed E-state index contributed by atoms with van der Waals surface area (Å²) in [7, 11) is 1.57. The average molecular weight is 428 g/mol. The normalized spacial score (nSPS) is 17.6. The molecule has 1 aromatic heterocycles. The van der Waals surface area contributed by atoms with Gasteiger partial charge in [-0.3, -0.25) is 14.6 Å². The third-order valence-electron chi connectivity index (χ3n) is 5.70. The standard InChI is InChI=1S/C26H24N2O4/c1-16-6-8-19(9-7-16)23-22(24(29)21-11-10-20(32-3)13-17(21)2)25(30)26(31)28(23)15-18-5-4-12-27-14-18/h4-14,23,29H,15H2,1-3H3/b24-22+/t23-/m0/s1. The van der Waals surface area contributed by atoms with Gasteiger partial charge in [0.15, 0.2) is 0 Å². The van der Waals surface area contributed by atoms with E-state index in [4.69, 9.17) is 4.74 Å². The fourth-order valence-electron chi connectivity index (χ4n) is 4.00. The molecule has 2 heterocycles. The fourth-order valence-corrected chi connectivity index (χ4v) is 4.00. The van der Waals surface area contributed by atoms with E-state index in [9.17, 15) is 14.7 Å². The van der Waals surface area contributed by atoms with Crippen LogP contribution < -0.4 is 4.74 Å². The Hall–Kier alpha value is -3.93. The lowest BCUT2D eigenvalue weighted by Crippen LogP contribution is -2.29. The second kappa shape index (κ2) is 8.67. The molecule has 0 unspecified atom stereocenters. The number of ketones is 1. The summed E-state index contributed by atoms with van der Waals surface area (Å²) in [5.41, 5.74) is 3.92. The fraction of sp³-hybridized carbons (Fsp3) is 0.192. The molecule has 6 heteroatoms. The lowest BCUT2D eigenvalue weighted by atomic mass is 9.93. The Morgan fingerprint density at radius 1 is 1.09 bits per heavy atom. The first-order valence-corrected chi connectivity index (χ1v) is 10.3. The topological polar surface area (TPSA) is 79.7 Å². The Balaban J connectivity index is 1.87. The van der Waals surface area contributed by atoms with E-state index in [1.165, 1.54) is 4.90 Å². The minimum atomic E-state index is -0.711. The van der Waals surface area contributed by atoms with Crippen LogP contribution in [0.5, 0.6) is 5.75 Å². The summed E-state index contributed by atoms with van der Waals surface area (Å²) in [6.45, 7) is 4.00. The highest BCUT2D eigenvalue weighted by Gasteiger charge is 2.46. The summed E-state index contributed by atoms with van der Waals surface area (Å²) < 4.78 is 5.25. The summed E-state index contributed by atoms with van der Waals surface area (Å²) in [5, 5.41) is 11.2. The van der Waals surface area contributed by atoms with Crippen molar-refractivity contribution in [1.29, 1.82) is 0 Å². The van der Waals surface area contributed by atoms with Gasteiger partial charge >= 0.3 is 0 Å². The van der Waals surface area contributed by atoms with Gasteiger partial charge in [0, 0.05) is 24.5 Å². The molecule has 0 aliphatic carbocycles. The predicted octanol–water partition coefficient (Wildman–Crippen LogP) is 4.33. The van der Waals surface area contributed by atoms with E-state index in [-0.39, 0.29) is 17.9 Å². The molecule has 162 valence electrons. The number of carbonyl (C=O) groups excluding carboxylic acids is 2. The number of Topliss-reactive ketones (excluding diaryl/α,β-unsaturated/α-hetero) is 1. The molecule has 0 spiro atoms. The number of aliphatic hydroxyl groups excluding tert-OH is 1. The Bertz CT molecular complexity index is 1200. The molecule has 1 fully saturated rings. The van der Waals surface area contributed by atoms with E-state index in [0.717, 1.165) is 22.3 Å². The van der Waals surface area contributed by atoms with E-state index < -0.39 is 17.7 Å². The minimum absolute atomic E-state index is 0.0796. The van der Waals surface area contributed by atoms with Gasteiger partial charge in [-0.2, -0.15) is 0 Å². The Labute approximate surface area is 186 Å². The van der Waals surface area contributed by atoms with Crippen molar-refractivity contribution in [2.75, 3.05) is 7.11 Å². The van der Waals surface area contributed by atoms with Crippen molar-refractivity contribution in [2.24, 2.45) is 0 Å². The van der Waals surface area contributed by atoms with Crippen LogP contribution in [0, 0.1) is 13.8 Å². The smallest absolute Gasteiger partial charge is 0.295 e. The highest BCUT2D eigenvalue weighted by atomic mass is 16.5. The maximum Gasteiger partial charge on any atom is 0.295 e. The van der Waals surface area contributed by atoms with Crippen LogP contribution in [0.15, 0.2) is 72.6 Å². The van der Waals surface area contributed by atoms with Crippen molar-refractivity contribution in [3.8, 4) is 5.75 Å². The molecule has 1 aliphatic heterocycles. The number of likely N-dealkylation sites (tertiary alicyclic amines) is 1. The molecule has 1 N–H and O–H groups in total. The molecule has 6 nitrogen and oxygen atoms in total. The second-order valence-corrected chi connectivity index (χ2v) is 7.88. The Kier molecular flexibility index (Phi) is 5.77. The Morgan fingerprint density at radius 3 is 2.47 bits per heavy atom. The highest BCUT2D eigenvalue weighted by Crippen LogP contribution is 2.41. The molecule has 0 saturated carbocycles. The van der Waals surface area contributed by atoms with Crippen LogP contribution in [-0.4, -0.2) is 33.8 Å². The molecule has 0 bridgehead atoms. The summed E-state index contributed by atoms with van der Waals surface area (Å²) >= 11 is 0. The number of aromatic nitrogens is 1. The van der Waals surface area contributed by atoms with Gasteiger partial charge in [0.25, 0.3) is 11.7 Å². The molecule has 32 heavy (non-hydrogen) atoms. The molecule has 1 saturated heterocycles. The van der Waals surface area contributed by atoms with E-state index >= 15 is 0 Å². The predicted molar refractivity (Wildman–Crippen MR) is 121 cm³/mol. The molecular weight excluding hydrogens is 404 g/mol. The molecule has 1 aliphatic rings. The summed E-state index contributed by atoms with van der Waals surface area (Å²) in [4.78, 5) is 31.8. The second-order valence-electron chi connectivity index (χ2n) is 7.88. The monoisotopic (exact) mass is 428 g/mol. The maximum atomic E-state index is 13.2. The lowest BCUT2D eigenvalue weighted by molar-refractivity contribution is -0.140. The van der Waals surface area contributed by atoms with E-state index in [0.29, 0.717) is 11.3 Å². The zero-order chi connectivity index (χ0) is 22.8. The van der Waals surface area contributed by atoms with Crippen LogP contribution in [0.3, 0.4) is 0 Å². The van der Waals surface area contributed by atoms with Gasteiger partial charge in [-0.1, -0.05) is 35.9 Å². The number of benzene rings is 2. The summed E-state index contributed by atoms with van der Waals surface area (Å²) in [5.74, 6) is -0.895. The Morgan fingerprint density at radius 2 is 1.84 bits per heavy atom. The van der Waals surface area contributed by atoms with Crippen LogP contribution >= 0.6 is 0 Å². The van der Waals surface area contributed by atoms with Crippen LogP contribution in [-0.2, 0) is 16.1 Å². The number of carbonyl (C=O) groups is 2. The van der Waals surface area contributed by atoms with Crippen LogP contribution in [0.4, 0.5) is 0 Å². The number of aryl methyl sites for hydroxylation is 2. The van der Waals surface area contributed by atoms with Crippen molar-refractivity contribution in [2.45, 2.75) is 26.4 Å². The number of pyridine rings is 1. The van der Waals surface area contributed by atoms with Crippen molar-refractivity contribution < 1.29 is 19.4 Å². The molecular formula is C26H24N2O4. The zero-order valence-electron chi connectivity index (χ0n) is 18.2. The van der Waals surface area contributed by atoms with Gasteiger partial charge in [-0.25, -0.2) is 0 Å². The van der Waals surface area contributed by atoms with Gasteiger partial charge in [-0.05, 0) is 54.8 Å². The van der Waals surface area contributed by atoms with Gasteiger partial charge < -0.3 is 14.7 Å². The molecule has 3 aromatic rings. The lowest BCUT2D eigenvalue weighted by Gasteiger charge is -2.25. The number of ether oxygens (including phenoxy) is 1. The molecule has 0 radical (unpaired) electrons. The number of hydrogen-bond donors (Lipinski definition) is 1. The first-order valence-electron chi connectivity index (χ1n) is 10.3. The number of aliphatic hydroxyl groups is 1. The van der Waals surface area contributed by atoms with Crippen LogP contribution in [0.25, 0.3) is 5.76 Å². The average Bonchev–Trinajstić information content (AvgIpc) is 3.04. The van der Waals surface area contributed by atoms with E-state index in [1.54, 1.807) is 43.8 Å². The zero-order valence-corrected chi connectivity index (χ0v) is 18.2. The number of rotatable bonds is 5. The summed E-state index contributed by atoms with van der Waals surface area (Å²) in [6.07, 6.45) is 3.32. The number of amides is 1. The van der Waals surface area contributed by atoms with Crippen molar-refractivity contribution >= 4 is 17.4 Å². The number of hydrogen-bond acceptors (Lipinski definition) is 5. The van der Waals surface area contributed by atoms with E-state index in [2.05, 4.69) is 4.98 Å². The van der Waals surface area contributed by atoms with Gasteiger partial charge in [0.2, 0.25) is 0 Å². The van der Waals surface area contributed by atoms with Crippen molar-refractivity contribution in [3.63, 3.8) is 0 Å². The van der Waals surface area contributed by atoms with E-state index in [1.807, 2.05) is 44.2 Å². The largest absolute Gasteiger partial charge is 0.507 e. The highest BCUT2D eigenvalue weighted by molar-refractivity contribution is 6.46. The molecule has 2 aromatic carbocycles. The third-order valence-corrected chi connectivity index (χ3v) is 5.70. The molecule has 1 amide bonds. The molecule has 4 rings (SSSR count). The van der Waals surface area contributed by atoms with Crippen molar-refractivity contribution in [1.82, 2.24) is 9.88 Å². The van der Waals surface area contributed by atoms with Crippen LogP contribution in [0.1, 0.15) is 33.9 Å². The first kappa shape index (κ1) is 21.3. The SMILES string of the molecule is COc1ccc(/C(O)=C2\C(=O)C(=O)N(Cc3cccnc3)[C@H]2c2ccc(C)cc2)c(C)c1. The van der Waals surface area contributed by atoms with Gasteiger partial charge in [0.1, 0.15) is 11.5 Å². The number of nitrogens with zero attached hydrogens (tertiary/aromatic N) is 2. The minimum Gasteiger partial charge on any atom is -0.507 e. The third kappa shape index (κ3) is 3.87. The number of methoxy groups -OCH3 is 1. The summed E-state index contributed by atoms with van der Waals surface area (Å²) in [6, 6.07) is 15.8. The quantitative estimate of drug-likeness (QED) is 0.372. The maximum absolute atomic E-state index is 13.2.